The summed E-state index contributed by atoms with van der Waals surface area (Å²) in [5.41, 5.74) is 0.148. The lowest BCUT2D eigenvalue weighted by molar-refractivity contribution is -0.383. The van der Waals surface area contributed by atoms with Gasteiger partial charge in [0, 0.05) is 16.7 Å². The Kier molecular flexibility index (Phi) is 4.39. The van der Waals surface area contributed by atoms with Crippen molar-refractivity contribution in [2.75, 3.05) is 12.4 Å². The normalized spacial score (nSPS) is 10.0. The second-order valence-electron chi connectivity index (χ2n) is 4.10. The van der Waals surface area contributed by atoms with Crippen molar-refractivity contribution in [2.24, 2.45) is 0 Å². The van der Waals surface area contributed by atoms with Crippen LogP contribution in [0, 0.1) is 10.1 Å². The molecule has 0 radical (unpaired) electrons. The van der Waals surface area contributed by atoms with Gasteiger partial charge in [-0.2, -0.15) is 0 Å². The van der Waals surface area contributed by atoms with Gasteiger partial charge in [-0.25, -0.2) is 0 Å². The Morgan fingerprint density at radius 3 is 2.71 bits per heavy atom. The van der Waals surface area contributed by atoms with Gasteiger partial charge >= 0.3 is 0 Å². The van der Waals surface area contributed by atoms with E-state index < -0.39 is 10.8 Å². The molecule has 1 amide bonds. The fourth-order valence-corrected chi connectivity index (χ4v) is 1.89. The van der Waals surface area contributed by atoms with Crippen molar-refractivity contribution >= 4 is 28.9 Å². The highest BCUT2D eigenvalue weighted by molar-refractivity contribution is 6.31. The second kappa shape index (κ2) is 6.23. The largest absolute Gasteiger partial charge is 0.497 e. The Morgan fingerprint density at radius 1 is 1.29 bits per heavy atom. The number of nitro benzene ring substituents is 1. The van der Waals surface area contributed by atoms with Gasteiger partial charge in [0.1, 0.15) is 11.4 Å². The van der Waals surface area contributed by atoms with Crippen LogP contribution in [0.5, 0.6) is 5.75 Å². The lowest BCUT2D eigenvalue weighted by Gasteiger charge is -2.07. The molecule has 21 heavy (non-hydrogen) atoms. The molecule has 7 heteroatoms. The number of anilines is 1. The van der Waals surface area contributed by atoms with Crippen LogP contribution in [-0.2, 0) is 0 Å². The highest BCUT2D eigenvalue weighted by Gasteiger charge is 2.17. The highest BCUT2D eigenvalue weighted by Crippen LogP contribution is 2.28. The monoisotopic (exact) mass is 306 g/mol. The zero-order valence-corrected chi connectivity index (χ0v) is 11.8. The number of nitrogens with one attached hydrogen (secondary N) is 1. The lowest BCUT2D eigenvalue weighted by atomic mass is 10.2. The molecule has 0 aliphatic rings. The molecule has 0 spiro atoms. The van der Waals surface area contributed by atoms with Gasteiger partial charge in [-0.3, -0.25) is 14.9 Å². The maximum atomic E-state index is 12.1. The van der Waals surface area contributed by atoms with E-state index in [0.717, 1.165) is 0 Å². The molecule has 0 unspecified atom stereocenters. The van der Waals surface area contributed by atoms with Gasteiger partial charge in [0.15, 0.2) is 0 Å². The van der Waals surface area contributed by atoms with Gasteiger partial charge in [0.2, 0.25) is 0 Å². The molecule has 2 aromatic rings. The zero-order valence-electron chi connectivity index (χ0n) is 11.0. The molecule has 0 atom stereocenters. The smallest absolute Gasteiger partial charge is 0.294 e. The Bertz CT molecular complexity index is 703. The van der Waals surface area contributed by atoms with E-state index in [0.29, 0.717) is 11.3 Å². The number of benzene rings is 2. The molecular formula is C14H11ClN2O4. The summed E-state index contributed by atoms with van der Waals surface area (Å²) in [4.78, 5) is 22.5. The minimum Gasteiger partial charge on any atom is -0.497 e. The Morgan fingerprint density at radius 2 is 2.05 bits per heavy atom. The first-order valence-corrected chi connectivity index (χ1v) is 6.28. The molecule has 0 heterocycles. The van der Waals surface area contributed by atoms with Crippen molar-refractivity contribution < 1.29 is 14.5 Å². The van der Waals surface area contributed by atoms with Crippen LogP contribution in [0.25, 0.3) is 0 Å². The molecule has 2 aromatic carbocycles. The number of carbonyl (C=O) groups excluding carboxylic acids is 1. The lowest BCUT2D eigenvalue weighted by Crippen LogP contribution is -2.13. The molecule has 0 aromatic heterocycles. The van der Waals surface area contributed by atoms with Crippen LogP contribution in [0.15, 0.2) is 42.5 Å². The maximum Gasteiger partial charge on any atom is 0.294 e. The summed E-state index contributed by atoms with van der Waals surface area (Å²) >= 11 is 5.72. The third-order valence-electron chi connectivity index (χ3n) is 2.74. The Hall–Kier alpha value is -2.60. The van der Waals surface area contributed by atoms with Crippen LogP contribution in [0.2, 0.25) is 5.02 Å². The van der Waals surface area contributed by atoms with E-state index >= 15 is 0 Å². The predicted molar refractivity (Wildman–Crippen MR) is 79.1 cm³/mol. The predicted octanol–water partition coefficient (Wildman–Crippen LogP) is 3.51. The van der Waals surface area contributed by atoms with Gasteiger partial charge in [-0.15, -0.1) is 0 Å². The minimum absolute atomic E-state index is 0.0808. The van der Waals surface area contributed by atoms with Crippen molar-refractivity contribution in [3.8, 4) is 5.75 Å². The average Bonchev–Trinajstić information content (AvgIpc) is 2.48. The SMILES string of the molecule is COc1cccc(C(=O)Nc2ccc(Cl)cc2[N+](=O)[O-])c1. The maximum absolute atomic E-state index is 12.1. The van der Waals surface area contributed by atoms with Crippen molar-refractivity contribution in [3.63, 3.8) is 0 Å². The van der Waals surface area contributed by atoms with E-state index in [2.05, 4.69) is 5.32 Å². The fourth-order valence-electron chi connectivity index (χ4n) is 1.72. The van der Waals surface area contributed by atoms with Crippen LogP contribution in [0.1, 0.15) is 10.4 Å². The van der Waals surface area contributed by atoms with Crippen LogP contribution in [0.4, 0.5) is 11.4 Å². The number of amides is 1. The number of halogens is 1. The molecule has 0 aliphatic carbocycles. The van der Waals surface area contributed by atoms with Gasteiger partial charge < -0.3 is 10.1 Å². The highest BCUT2D eigenvalue weighted by atomic mass is 35.5. The number of methoxy groups -OCH3 is 1. The molecule has 2 rings (SSSR count). The van der Waals surface area contributed by atoms with E-state index in [1.807, 2.05) is 0 Å². The van der Waals surface area contributed by atoms with Crippen LogP contribution in [0.3, 0.4) is 0 Å². The fraction of sp³-hybridized carbons (Fsp3) is 0.0714. The number of hydrogen-bond donors (Lipinski definition) is 1. The number of nitrogens with zero attached hydrogens (tertiary/aromatic N) is 1. The molecule has 1 N–H and O–H groups in total. The Labute approximate surface area is 125 Å². The van der Waals surface area contributed by atoms with Gasteiger partial charge in [-0.1, -0.05) is 17.7 Å². The number of ether oxygens (including phenoxy) is 1. The number of rotatable bonds is 4. The third-order valence-corrected chi connectivity index (χ3v) is 2.97. The first-order valence-electron chi connectivity index (χ1n) is 5.90. The number of nitro groups is 1. The van der Waals surface area contributed by atoms with Crippen LogP contribution in [-0.4, -0.2) is 17.9 Å². The number of carbonyl (C=O) groups is 1. The van der Waals surface area contributed by atoms with Crippen molar-refractivity contribution in [1.29, 1.82) is 0 Å². The van der Waals surface area contributed by atoms with Crippen LogP contribution >= 0.6 is 11.6 Å². The van der Waals surface area contributed by atoms with E-state index in [1.54, 1.807) is 18.2 Å². The summed E-state index contributed by atoms with van der Waals surface area (Å²) in [6, 6.07) is 10.5. The zero-order chi connectivity index (χ0) is 15.4. The molecule has 0 aliphatic heterocycles. The summed E-state index contributed by atoms with van der Waals surface area (Å²) in [5.74, 6) is 0.0487. The van der Waals surface area contributed by atoms with E-state index in [9.17, 15) is 14.9 Å². The van der Waals surface area contributed by atoms with E-state index in [1.165, 1.54) is 31.4 Å². The summed E-state index contributed by atoms with van der Waals surface area (Å²) in [5, 5.41) is 13.7. The van der Waals surface area contributed by atoms with Crippen LogP contribution < -0.4 is 10.1 Å². The second-order valence-corrected chi connectivity index (χ2v) is 4.54. The van der Waals surface area contributed by atoms with Crippen molar-refractivity contribution in [3.05, 3.63) is 63.2 Å². The average molecular weight is 307 g/mol. The molecule has 6 nitrogen and oxygen atoms in total. The standard InChI is InChI=1S/C14H11ClN2O4/c1-21-11-4-2-3-9(7-11)14(18)16-12-6-5-10(15)8-13(12)17(19)20/h2-8H,1H3,(H,16,18). The van der Waals surface area contributed by atoms with Gasteiger partial charge in [-0.05, 0) is 30.3 Å². The van der Waals surface area contributed by atoms with Gasteiger partial charge in [0.25, 0.3) is 11.6 Å². The molecule has 0 fully saturated rings. The molecule has 0 saturated heterocycles. The van der Waals surface area contributed by atoms with Crippen molar-refractivity contribution in [1.82, 2.24) is 0 Å². The summed E-state index contributed by atoms with van der Waals surface area (Å²) in [6.07, 6.45) is 0. The Balaban J connectivity index is 2.29. The van der Waals surface area contributed by atoms with Crippen molar-refractivity contribution in [2.45, 2.75) is 0 Å². The molecule has 0 saturated carbocycles. The summed E-state index contributed by atoms with van der Waals surface area (Å²) in [6.45, 7) is 0. The van der Waals surface area contributed by atoms with Gasteiger partial charge in [0.05, 0.1) is 12.0 Å². The quantitative estimate of drug-likeness (QED) is 0.692. The third kappa shape index (κ3) is 3.49. The van der Waals surface area contributed by atoms with E-state index in [-0.39, 0.29) is 16.4 Å². The minimum atomic E-state index is -0.604. The molecular weight excluding hydrogens is 296 g/mol. The molecule has 108 valence electrons. The van der Waals surface area contributed by atoms with E-state index in [4.69, 9.17) is 16.3 Å². The summed E-state index contributed by atoms with van der Waals surface area (Å²) < 4.78 is 5.03. The topological polar surface area (TPSA) is 81.5 Å². The first kappa shape index (κ1) is 14.8. The first-order chi connectivity index (χ1) is 10.0. The number of hydrogen-bond acceptors (Lipinski definition) is 4. The summed E-state index contributed by atoms with van der Waals surface area (Å²) in [7, 11) is 1.49. The molecule has 0 bridgehead atoms.